The minimum atomic E-state index is -0.244. The van der Waals surface area contributed by atoms with Crippen molar-refractivity contribution in [3.8, 4) is 0 Å². The van der Waals surface area contributed by atoms with Crippen LogP contribution in [0.2, 0.25) is 0 Å². The SMILES string of the molecule is CC1CC(CN)CN1c1nc2ccc(F)cc2[nH]1. The van der Waals surface area contributed by atoms with E-state index >= 15 is 0 Å². The molecule has 2 heterocycles. The number of imidazole rings is 1. The summed E-state index contributed by atoms with van der Waals surface area (Å²) in [5.74, 6) is 1.09. The third-order valence-electron chi connectivity index (χ3n) is 3.70. The number of anilines is 1. The van der Waals surface area contributed by atoms with Gasteiger partial charge in [-0.2, -0.15) is 0 Å². The molecule has 1 aliphatic heterocycles. The molecule has 4 nitrogen and oxygen atoms in total. The van der Waals surface area contributed by atoms with E-state index < -0.39 is 0 Å². The van der Waals surface area contributed by atoms with Crippen molar-refractivity contribution < 1.29 is 4.39 Å². The quantitative estimate of drug-likeness (QED) is 0.853. The number of nitrogens with one attached hydrogen (secondary N) is 1. The Kier molecular flexibility index (Phi) is 2.70. The lowest BCUT2D eigenvalue weighted by molar-refractivity contribution is 0.579. The highest BCUT2D eigenvalue weighted by Crippen LogP contribution is 2.28. The van der Waals surface area contributed by atoms with E-state index in [4.69, 9.17) is 5.73 Å². The van der Waals surface area contributed by atoms with Crippen molar-refractivity contribution in [2.24, 2.45) is 11.7 Å². The molecule has 0 bridgehead atoms. The number of nitrogens with zero attached hydrogens (tertiary/aromatic N) is 2. The number of H-pyrrole nitrogens is 1. The maximum absolute atomic E-state index is 13.1. The van der Waals surface area contributed by atoms with Crippen LogP contribution < -0.4 is 10.6 Å². The van der Waals surface area contributed by atoms with Crippen LogP contribution in [0, 0.1) is 11.7 Å². The van der Waals surface area contributed by atoms with Crippen LogP contribution in [0.1, 0.15) is 13.3 Å². The molecular weight excluding hydrogens is 231 g/mol. The summed E-state index contributed by atoms with van der Waals surface area (Å²) in [5.41, 5.74) is 7.27. The van der Waals surface area contributed by atoms with Gasteiger partial charge in [0, 0.05) is 12.6 Å². The van der Waals surface area contributed by atoms with Crippen LogP contribution in [0.15, 0.2) is 18.2 Å². The molecule has 0 saturated carbocycles. The fourth-order valence-corrected chi connectivity index (χ4v) is 2.71. The molecule has 5 heteroatoms. The van der Waals surface area contributed by atoms with Crippen molar-refractivity contribution in [3.63, 3.8) is 0 Å². The van der Waals surface area contributed by atoms with Crippen molar-refractivity contribution in [1.82, 2.24) is 9.97 Å². The Morgan fingerprint density at radius 2 is 2.39 bits per heavy atom. The average molecular weight is 248 g/mol. The molecule has 3 N–H and O–H groups in total. The van der Waals surface area contributed by atoms with Gasteiger partial charge < -0.3 is 15.6 Å². The number of nitrogens with two attached hydrogens (primary N) is 1. The molecule has 1 aromatic heterocycles. The van der Waals surface area contributed by atoms with Crippen LogP contribution in [-0.2, 0) is 0 Å². The Morgan fingerprint density at radius 1 is 1.56 bits per heavy atom. The van der Waals surface area contributed by atoms with Gasteiger partial charge in [-0.25, -0.2) is 9.37 Å². The largest absolute Gasteiger partial charge is 0.339 e. The molecule has 3 rings (SSSR count). The van der Waals surface area contributed by atoms with E-state index in [1.165, 1.54) is 12.1 Å². The predicted octanol–water partition coefficient (Wildman–Crippen LogP) is 1.88. The van der Waals surface area contributed by atoms with Gasteiger partial charge in [-0.1, -0.05) is 0 Å². The Morgan fingerprint density at radius 3 is 3.11 bits per heavy atom. The fourth-order valence-electron chi connectivity index (χ4n) is 2.71. The molecule has 1 fully saturated rings. The lowest BCUT2D eigenvalue weighted by atomic mass is 10.1. The summed E-state index contributed by atoms with van der Waals surface area (Å²) in [5, 5.41) is 0. The predicted molar refractivity (Wildman–Crippen MR) is 70.0 cm³/mol. The smallest absolute Gasteiger partial charge is 0.204 e. The lowest BCUT2D eigenvalue weighted by Crippen LogP contribution is -2.28. The average Bonchev–Trinajstić information content (AvgIpc) is 2.91. The fraction of sp³-hybridized carbons (Fsp3) is 0.462. The maximum Gasteiger partial charge on any atom is 0.204 e. The molecule has 1 aliphatic rings. The molecule has 0 aliphatic carbocycles. The van der Waals surface area contributed by atoms with Crippen molar-refractivity contribution in [3.05, 3.63) is 24.0 Å². The van der Waals surface area contributed by atoms with Crippen molar-refractivity contribution in [2.45, 2.75) is 19.4 Å². The number of benzene rings is 1. The summed E-state index contributed by atoms with van der Waals surface area (Å²) in [6, 6.07) is 5.03. The molecule has 0 amide bonds. The summed E-state index contributed by atoms with van der Waals surface area (Å²) in [6.45, 7) is 3.79. The molecule has 0 spiro atoms. The summed E-state index contributed by atoms with van der Waals surface area (Å²) in [6.07, 6.45) is 1.09. The third kappa shape index (κ3) is 1.84. The van der Waals surface area contributed by atoms with E-state index in [2.05, 4.69) is 21.8 Å². The second kappa shape index (κ2) is 4.24. The standard InChI is InChI=1S/C13H17FN4/c1-8-4-9(6-15)7-18(8)13-16-11-3-2-10(14)5-12(11)17-13/h2-3,5,8-9H,4,6-7,15H2,1H3,(H,16,17). The van der Waals surface area contributed by atoms with Gasteiger partial charge in [0.15, 0.2) is 0 Å². The zero-order valence-electron chi connectivity index (χ0n) is 10.4. The van der Waals surface area contributed by atoms with Crippen molar-refractivity contribution in [1.29, 1.82) is 0 Å². The maximum atomic E-state index is 13.1. The van der Waals surface area contributed by atoms with Gasteiger partial charge in [0.1, 0.15) is 5.82 Å². The first-order valence-electron chi connectivity index (χ1n) is 6.29. The highest BCUT2D eigenvalue weighted by Gasteiger charge is 2.29. The Balaban J connectivity index is 1.94. The topological polar surface area (TPSA) is 57.9 Å². The van der Waals surface area contributed by atoms with E-state index in [9.17, 15) is 4.39 Å². The first kappa shape index (κ1) is 11.5. The zero-order valence-corrected chi connectivity index (χ0v) is 10.4. The molecule has 18 heavy (non-hydrogen) atoms. The second-order valence-corrected chi connectivity index (χ2v) is 5.06. The van der Waals surface area contributed by atoms with Gasteiger partial charge in [-0.3, -0.25) is 0 Å². The number of aromatic amines is 1. The van der Waals surface area contributed by atoms with E-state index in [-0.39, 0.29) is 5.82 Å². The summed E-state index contributed by atoms with van der Waals surface area (Å²) >= 11 is 0. The van der Waals surface area contributed by atoms with E-state index in [0.29, 0.717) is 18.5 Å². The third-order valence-corrected chi connectivity index (χ3v) is 3.70. The number of rotatable bonds is 2. The van der Waals surface area contributed by atoms with Crippen molar-refractivity contribution in [2.75, 3.05) is 18.0 Å². The van der Waals surface area contributed by atoms with E-state index in [1.54, 1.807) is 6.07 Å². The molecule has 1 aromatic carbocycles. The number of hydrogen-bond donors (Lipinski definition) is 2. The number of fused-ring (bicyclic) bond motifs is 1. The number of hydrogen-bond acceptors (Lipinski definition) is 3. The van der Waals surface area contributed by atoms with Crippen LogP contribution in [0.25, 0.3) is 11.0 Å². The summed E-state index contributed by atoms with van der Waals surface area (Å²) < 4.78 is 13.1. The van der Waals surface area contributed by atoms with Gasteiger partial charge in [-0.15, -0.1) is 0 Å². The first-order valence-corrected chi connectivity index (χ1v) is 6.29. The van der Waals surface area contributed by atoms with E-state index in [0.717, 1.165) is 29.9 Å². The molecule has 1 saturated heterocycles. The van der Waals surface area contributed by atoms with Gasteiger partial charge in [-0.05, 0) is 44.0 Å². The monoisotopic (exact) mass is 248 g/mol. The minimum Gasteiger partial charge on any atom is -0.339 e. The van der Waals surface area contributed by atoms with Crippen LogP contribution in [0.3, 0.4) is 0 Å². The Hall–Kier alpha value is -1.62. The minimum absolute atomic E-state index is 0.244. The summed E-state index contributed by atoms with van der Waals surface area (Å²) in [7, 11) is 0. The Labute approximate surface area is 105 Å². The molecule has 96 valence electrons. The van der Waals surface area contributed by atoms with Crippen LogP contribution >= 0.6 is 0 Å². The number of halogens is 1. The molecule has 2 unspecified atom stereocenters. The van der Waals surface area contributed by atoms with Gasteiger partial charge in [0.2, 0.25) is 5.95 Å². The second-order valence-electron chi connectivity index (χ2n) is 5.06. The molecule has 0 radical (unpaired) electrons. The Bertz CT molecular complexity index is 565. The highest BCUT2D eigenvalue weighted by atomic mass is 19.1. The molecule has 2 atom stereocenters. The lowest BCUT2D eigenvalue weighted by Gasteiger charge is -2.20. The van der Waals surface area contributed by atoms with Crippen LogP contribution in [-0.4, -0.2) is 29.1 Å². The normalized spacial score (nSPS) is 24.1. The molecular formula is C13H17FN4. The van der Waals surface area contributed by atoms with Crippen molar-refractivity contribution >= 4 is 17.0 Å². The molecule has 2 aromatic rings. The van der Waals surface area contributed by atoms with Crippen LogP contribution in [0.4, 0.5) is 10.3 Å². The first-order chi connectivity index (χ1) is 8.67. The van der Waals surface area contributed by atoms with Gasteiger partial charge in [0.05, 0.1) is 11.0 Å². The highest BCUT2D eigenvalue weighted by molar-refractivity contribution is 5.77. The van der Waals surface area contributed by atoms with Gasteiger partial charge >= 0.3 is 0 Å². The zero-order chi connectivity index (χ0) is 12.7. The number of aromatic nitrogens is 2. The van der Waals surface area contributed by atoms with Crippen LogP contribution in [0.5, 0.6) is 0 Å². The summed E-state index contributed by atoms with van der Waals surface area (Å²) in [4.78, 5) is 9.92. The van der Waals surface area contributed by atoms with Gasteiger partial charge in [0.25, 0.3) is 0 Å². The van der Waals surface area contributed by atoms with E-state index in [1.807, 2.05) is 0 Å².